The predicted octanol–water partition coefficient (Wildman–Crippen LogP) is 5.17. The molecule has 3 heteroatoms. The van der Waals surface area contributed by atoms with Crippen LogP contribution >= 0.6 is 0 Å². The van der Waals surface area contributed by atoms with Crippen molar-refractivity contribution in [2.75, 3.05) is 0 Å². The highest BCUT2D eigenvalue weighted by molar-refractivity contribution is 5.84. The van der Waals surface area contributed by atoms with Crippen LogP contribution in [0.25, 0.3) is 0 Å². The van der Waals surface area contributed by atoms with E-state index < -0.39 is 0 Å². The standard InChI is InChI=1S/C22H30FNO/c1-21(2,3)24(14-15-4-6-19(23)7-5-15)20(25)22-11-16-8-17(12-22)10-18(9-16)13-22/h4-7,16-18H,8-14H2,1-3H3. The molecule has 4 bridgehead atoms. The molecule has 4 aliphatic rings. The van der Waals surface area contributed by atoms with Crippen LogP contribution in [-0.2, 0) is 11.3 Å². The Labute approximate surface area is 150 Å². The molecule has 0 radical (unpaired) electrons. The van der Waals surface area contributed by atoms with Crippen molar-refractivity contribution in [3.8, 4) is 0 Å². The van der Waals surface area contributed by atoms with Crippen LogP contribution in [0.3, 0.4) is 0 Å². The summed E-state index contributed by atoms with van der Waals surface area (Å²) in [6.07, 6.45) is 7.32. The Morgan fingerprint density at radius 3 is 1.96 bits per heavy atom. The Hall–Kier alpha value is -1.38. The van der Waals surface area contributed by atoms with Crippen LogP contribution in [-0.4, -0.2) is 16.3 Å². The van der Waals surface area contributed by atoms with Crippen LogP contribution < -0.4 is 0 Å². The van der Waals surface area contributed by atoms with Gasteiger partial charge in [-0.15, -0.1) is 0 Å². The number of rotatable bonds is 3. The van der Waals surface area contributed by atoms with Crippen molar-refractivity contribution in [3.63, 3.8) is 0 Å². The molecule has 0 atom stereocenters. The van der Waals surface area contributed by atoms with Crippen LogP contribution in [0.5, 0.6) is 0 Å². The second-order valence-corrected chi connectivity index (χ2v) is 9.89. The van der Waals surface area contributed by atoms with Crippen molar-refractivity contribution >= 4 is 5.91 Å². The van der Waals surface area contributed by atoms with Crippen molar-refractivity contribution in [2.24, 2.45) is 23.2 Å². The first-order valence-electron chi connectivity index (χ1n) is 9.82. The Kier molecular flexibility index (Phi) is 3.97. The zero-order chi connectivity index (χ0) is 17.8. The lowest BCUT2D eigenvalue weighted by molar-refractivity contribution is -0.163. The topological polar surface area (TPSA) is 20.3 Å². The Morgan fingerprint density at radius 1 is 1.04 bits per heavy atom. The average molecular weight is 343 g/mol. The third-order valence-corrected chi connectivity index (χ3v) is 6.80. The van der Waals surface area contributed by atoms with E-state index >= 15 is 0 Å². The largest absolute Gasteiger partial charge is 0.333 e. The van der Waals surface area contributed by atoms with E-state index in [1.807, 2.05) is 0 Å². The van der Waals surface area contributed by atoms with Crippen LogP contribution in [0.2, 0.25) is 0 Å². The molecule has 4 aliphatic carbocycles. The van der Waals surface area contributed by atoms with Gasteiger partial charge in [0, 0.05) is 12.1 Å². The molecular formula is C22H30FNO. The molecule has 1 aromatic rings. The first-order chi connectivity index (χ1) is 11.7. The number of benzene rings is 1. The van der Waals surface area contributed by atoms with E-state index in [1.165, 1.54) is 31.4 Å². The Morgan fingerprint density at radius 2 is 1.52 bits per heavy atom. The van der Waals surface area contributed by atoms with E-state index in [-0.39, 0.29) is 16.8 Å². The number of halogens is 1. The summed E-state index contributed by atoms with van der Waals surface area (Å²) in [5.41, 5.74) is 0.658. The molecule has 5 rings (SSSR count). The maximum absolute atomic E-state index is 13.8. The van der Waals surface area contributed by atoms with Gasteiger partial charge >= 0.3 is 0 Å². The van der Waals surface area contributed by atoms with Gasteiger partial charge in [0.2, 0.25) is 5.91 Å². The summed E-state index contributed by atoms with van der Waals surface area (Å²) in [4.78, 5) is 15.8. The maximum atomic E-state index is 13.8. The fraction of sp³-hybridized carbons (Fsp3) is 0.682. The number of hydrogen-bond donors (Lipinski definition) is 0. The highest BCUT2D eigenvalue weighted by Gasteiger charge is 2.56. The van der Waals surface area contributed by atoms with Gasteiger partial charge in [-0.25, -0.2) is 4.39 Å². The second-order valence-electron chi connectivity index (χ2n) is 9.89. The molecule has 136 valence electrons. The minimum absolute atomic E-state index is 0.123. The highest BCUT2D eigenvalue weighted by Crippen LogP contribution is 2.60. The number of nitrogens with zero attached hydrogens (tertiary/aromatic N) is 1. The van der Waals surface area contributed by atoms with Crippen molar-refractivity contribution in [1.82, 2.24) is 4.90 Å². The first kappa shape index (κ1) is 17.1. The summed E-state index contributed by atoms with van der Waals surface area (Å²) in [5.74, 6) is 2.43. The highest BCUT2D eigenvalue weighted by atomic mass is 19.1. The van der Waals surface area contributed by atoms with Crippen molar-refractivity contribution in [1.29, 1.82) is 0 Å². The smallest absolute Gasteiger partial charge is 0.229 e. The third kappa shape index (κ3) is 3.11. The van der Waals surface area contributed by atoms with Gasteiger partial charge in [0.15, 0.2) is 0 Å². The normalized spacial score (nSPS) is 33.5. The van der Waals surface area contributed by atoms with Gasteiger partial charge in [0.25, 0.3) is 0 Å². The van der Waals surface area contributed by atoms with Gasteiger partial charge in [-0.3, -0.25) is 4.79 Å². The molecule has 1 amide bonds. The fourth-order valence-electron chi connectivity index (χ4n) is 6.04. The summed E-state index contributed by atoms with van der Waals surface area (Å²) >= 11 is 0. The molecule has 4 saturated carbocycles. The number of carbonyl (C=O) groups is 1. The summed E-state index contributed by atoms with van der Waals surface area (Å²) in [6.45, 7) is 6.93. The summed E-state index contributed by atoms with van der Waals surface area (Å²) < 4.78 is 13.2. The molecule has 2 nitrogen and oxygen atoms in total. The molecule has 1 aromatic carbocycles. The molecule has 25 heavy (non-hydrogen) atoms. The van der Waals surface area contributed by atoms with Crippen LogP contribution in [0.15, 0.2) is 24.3 Å². The first-order valence-corrected chi connectivity index (χ1v) is 9.82. The number of hydrogen-bond acceptors (Lipinski definition) is 1. The average Bonchev–Trinajstić information content (AvgIpc) is 2.51. The lowest BCUT2D eigenvalue weighted by Crippen LogP contribution is -2.58. The number of amides is 1. The molecule has 0 saturated heterocycles. The molecule has 4 fully saturated rings. The molecule has 0 spiro atoms. The minimum Gasteiger partial charge on any atom is -0.333 e. The zero-order valence-electron chi connectivity index (χ0n) is 15.7. The van der Waals surface area contributed by atoms with Crippen LogP contribution in [0.4, 0.5) is 4.39 Å². The van der Waals surface area contributed by atoms with E-state index in [9.17, 15) is 9.18 Å². The van der Waals surface area contributed by atoms with Gasteiger partial charge in [0.1, 0.15) is 5.82 Å². The monoisotopic (exact) mass is 343 g/mol. The van der Waals surface area contributed by atoms with E-state index in [2.05, 4.69) is 25.7 Å². The van der Waals surface area contributed by atoms with Gasteiger partial charge in [-0.1, -0.05) is 12.1 Å². The van der Waals surface area contributed by atoms with E-state index in [0.29, 0.717) is 12.5 Å². The fourth-order valence-corrected chi connectivity index (χ4v) is 6.04. The Balaban J connectivity index is 1.61. The van der Waals surface area contributed by atoms with E-state index in [4.69, 9.17) is 0 Å². The molecule has 0 aromatic heterocycles. The molecule has 0 aliphatic heterocycles. The lowest BCUT2D eigenvalue weighted by Gasteiger charge is -2.57. The predicted molar refractivity (Wildman–Crippen MR) is 97.3 cm³/mol. The van der Waals surface area contributed by atoms with Gasteiger partial charge in [0.05, 0.1) is 5.41 Å². The maximum Gasteiger partial charge on any atom is 0.229 e. The number of carbonyl (C=O) groups excluding carboxylic acids is 1. The molecule has 0 N–H and O–H groups in total. The Bertz CT molecular complexity index is 622. The zero-order valence-corrected chi connectivity index (χ0v) is 15.7. The van der Waals surface area contributed by atoms with E-state index in [1.54, 1.807) is 12.1 Å². The summed E-state index contributed by atoms with van der Waals surface area (Å²) in [7, 11) is 0. The second kappa shape index (κ2) is 5.82. The van der Waals surface area contributed by atoms with Gasteiger partial charge in [-0.2, -0.15) is 0 Å². The molecule has 0 heterocycles. The summed E-state index contributed by atoms with van der Waals surface area (Å²) in [6, 6.07) is 6.60. The molecular weight excluding hydrogens is 313 g/mol. The van der Waals surface area contributed by atoms with Crippen molar-refractivity contribution in [2.45, 2.75) is 71.4 Å². The third-order valence-electron chi connectivity index (χ3n) is 6.80. The van der Waals surface area contributed by atoms with Crippen LogP contribution in [0, 0.1) is 29.0 Å². The SMILES string of the molecule is CC(C)(C)N(Cc1ccc(F)cc1)C(=O)C12CC3CC(CC(C3)C1)C2. The van der Waals surface area contributed by atoms with Gasteiger partial charge in [-0.05, 0) is 94.7 Å². The van der Waals surface area contributed by atoms with Crippen molar-refractivity contribution < 1.29 is 9.18 Å². The quantitative estimate of drug-likeness (QED) is 0.741. The van der Waals surface area contributed by atoms with Crippen LogP contribution in [0.1, 0.15) is 64.9 Å². The lowest BCUT2D eigenvalue weighted by atomic mass is 9.49. The van der Waals surface area contributed by atoms with Gasteiger partial charge < -0.3 is 4.90 Å². The summed E-state index contributed by atoms with van der Waals surface area (Å²) in [5, 5.41) is 0. The molecule has 0 unspecified atom stereocenters. The minimum atomic E-state index is -0.227. The van der Waals surface area contributed by atoms with E-state index in [0.717, 1.165) is 42.6 Å². The van der Waals surface area contributed by atoms with Crippen molar-refractivity contribution in [3.05, 3.63) is 35.6 Å².